The number of benzene rings is 2. The van der Waals surface area contributed by atoms with E-state index < -0.39 is 18.3 Å². The fraction of sp³-hybridized carbons (Fsp3) is 0.125. The summed E-state index contributed by atoms with van der Waals surface area (Å²) in [5.74, 6) is -1.42. The largest absolute Gasteiger partial charge is 0.433 e. The summed E-state index contributed by atoms with van der Waals surface area (Å²) in [4.78, 5) is 11.6. The average Bonchev–Trinajstić information content (AvgIpc) is 2.89. The Balaban J connectivity index is 2.27. The molecule has 0 aliphatic rings. The van der Waals surface area contributed by atoms with Crippen molar-refractivity contribution in [2.24, 2.45) is 5.73 Å². The number of hydrogen-bond acceptors (Lipinski definition) is 3. The Bertz CT molecular complexity index is 938. The number of aromatic nitrogens is 2. The predicted octanol–water partition coefficient (Wildman–Crippen LogP) is 3.38. The highest BCUT2D eigenvalue weighted by atomic mass is 19.3. The average molecular weight is 335 g/mol. The number of aromatic amines is 1. The van der Waals surface area contributed by atoms with Gasteiger partial charge in [0.1, 0.15) is 17.0 Å². The predicted molar refractivity (Wildman–Crippen MR) is 81.4 cm³/mol. The molecule has 5 nitrogen and oxygen atoms in total. The first-order valence-electron chi connectivity index (χ1n) is 6.90. The Labute approximate surface area is 134 Å². The maximum Gasteiger partial charge on any atom is 0.387 e. The molecule has 3 N–H and O–H groups in total. The number of carbonyl (C=O) groups is 1. The minimum atomic E-state index is -3.00. The highest BCUT2D eigenvalue weighted by molar-refractivity contribution is 6.04. The summed E-state index contributed by atoms with van der Waals surface area (Å²) in [5.41, 5.74) is 6.64. The summed E-state index contributed by atoms with van der Waals surface area (Å²) in [6.07, 6.45) is 0. The molecule has 3 rings (SSSR count). The molecular weight excluding hydrogens is 323 g/mol. The van der Waals surface area contributed by atoms with E-state index in [4.69, 9.17) is 5.73 Å². The van der Waals surface area contributed by atoms with E-state index in [2.05, 4.69) is 14.9 Å². The van der Waals surface area contributed by atoms with Crippen molar-refractivity contribution in [3.05, 3.63) is 47.3 Å². The van der Waals surface area contributed by atoms with E-state index >= 15 is 0 Å². The summed E-state index contributed by atoms with van der Waals surface area (Å²) < 4.78 is 43.2. The normalized spacial score (nSPS) is 11.2. The number of aryl methyl sites for hydroxylation is 1. The van der Waals surface area contributed by atoms with Gasteiger partial charge in [-0.05, 0) is 42.8 Å². The number of alkyl halides is 2. The number of halogens is 3. The molecule has 8 heteroatoms. The van der Waals surface area contributed by atoms with Crippen LogP contribution >= 0.6 is 0 Å². The zero-order valence-corrected chi connectivity index (χ0v) is 12.4. The van der Waals surface area contributed by atoms with Gasteiger partial charge in [-0.25, -0.2) is 4.39 Å². The third kappa shape index (κ3) is 2.78. The van der Waals surface area contributed by atoms with Gasteiger partial charge >= 0.3 is 6.61 Å². The molecular formula is C16H12F3N3O2. The monoisotopic (exact) mass is 335 g/mol. The first kappa shape index (κ1) is 15.9. The molecule has 0 aliphatic heterocycles. The lowest BCUT2D eigenvalue weighted by molar-refractivity contribution is -0.0489. The number of H-pyrrole nitrogens is 1. The van der Waals surface area contributed by atoms with E-state index in [1.807, 2.05) is 0 Å². The summed E-state index contributed by atoms with van der Waals surface area (Å²) >= 11 is 0. The molecule has 124 valence electrons. The lowest BCUT2D eigenvalue weighted by Crippen LogP contribution is -2.12. The van der Waals surface area contributed by atoms with E-state index in [1.54, 1.807) is 13.0 Å². The van der Waals surface area contributed by atoms with Crippen LogP contribution < -0.4 is 10.5 Å². The number of nitrogens with two attached hydrogens (primary N) is 1. The van der Waals surface area contributed by atoms with Crippen LogP contribution in [0, 0.1) is 12.7 Å². The van der Waals surface area contributed by atoms with Crippen molar-refractivity contribution in [1.29, 1.82) is 0 Å². The van der Waals surface area contributed by atoms with Crippen LogP contribution in [0.5, 0.6) is 5.75 Å². The van der Waals surface area contributed by atoms with Gasteiger partial charge in [0, 0.05) is 16.5 Å². The number of nitrogens with zero attached hydrogens (tertiary/aromatic N) is 1. The van der Waals surface area contributed by atoms with Gasteiger partial charge in [0.15, 0.2) is 5.75 Å². The zero-order chi connectivity index (χ0) is 17.4. The van der Waals surface area contributed by atoms with Crippen molar-refractivity contribution in [3.63, 3.8) is 0 Å². The number of primary amides is 1. The third-order valence-electron chi connectivity index (χ3n) is 3.50. The SMILES string of the molecule is Cc1cc(OC(F)F)c2[nH]nc(-c3cc(F)ccc3C(N)=O)c2c1. The molecule has 1 amide bonds. The Morgan fingerprint density at radius 2 is 2.04 bits per heavy atom. The van der Waals surface area contributed by atoms with E-state index in [0.717, 1.165) is 12.1 Å². The second-order valence-electron chi connectivity index (χ2n) is 5.19. The molecule has 0 aliphatic carbocycles. The molecule has 1 aromatic heterocycles. The van der Waals surface area contributed by atoms with Gasteiger partial charge in [-0.1, -0.05) is 0 Å². The van der Waals surface area contributed by atoms with Crippen molar-refractivity contribution >= 4 is 16.8 Å². The maximum atomic E-state index is 13.6. The van der Waals surface area contributed by atoms with Gasteiger partial charge in [0.2, 0.25) is 5.91 Å². The van der Waals surface area contributed by atoms with Crippen LogP contribution in [0.2, 0.25) is 0 Å². The Hall–Kier alpha value is -3.03. The first-order valence-corrected chi connectivity index (χ1v) is 6.90. The molecule has 0 unspecified atom stereocenters. The summed E-state index contributed by atoms with van der Waals surface area (Å²) in [6, 6.07) is 6.57. The van der Waals surface area contributed by atoms with Crippen molar-refractivity contribution in [3.8, 4) is 17.0 Å². The quantitative estimate of drug-likeness (QED) is 0.767. The van der Waals surface area contributed by atoms with Crippen molar-refractivity contribution in [2.75, 3.05) is 0 Å². The van der Waals surface area contributed by atoms with Crippen molar-refractivity contribution in [1.82, 2.24) is 10.2 Å². The smallest absolute Gasteiger partial charge is 0.387 e. The molecule has 0 saturated carbocycles. The van der Waals surface area contributed by atoms with Crippen LogP contribution in [0.3, 0.4) is 0 Å². The van der Waals surface area contributed by atoms with E-state index in [0.29, 0.717) is 10.9 Å². The highest BCUT2D eigenvalue weighted by Gasteiger charge is 2.19. The summed E-state index contributed by atoms with van der Waals surface area (Å²) in [5, 5.41) is 7.04. The molecule has 24 heavy (non-hydrogen) atoms. The number of amides is 1. The van der Waals surface area contributed by atoms with E-state index in [9.17, 15) is 18.0 Å². The molecule has 0 fully saturated rings. The topological polar surface area (TPSA) is 81.0 Å². The molecule has 0 atom stereocenters. The Morgan fingerprint density at radius 3 is 2.71 bits per heavy atom. The zero-order valence-electron chi connectivity index (χ0n) is 12.4. The molecule has 1 heterocycles. The molecule has 2 aromatic carbocycles. The van der Waals surface area contributed by atoms with Crippen LogP contribution in [0.1, 0.15) is 15.9 Å². The summed E-state index contributed by atoms with van der Waals surface area (Å²) in [6.45, 7) is -1.31. The second-order valence-corrected chi connectivity index (χ2v) is 5.19. The number of carbonyl (C=O) groups excluding carboxylic acids is 1. The van der Waals surface area contributed by atoms with Gasteiger partial charge in [-0.2, -0.15) is 13.9 Å². The summed E-state index contributed by atoms with van der Waals surface area (Å²) in [7, 11) is 0. The first-order chi connectivity index (χ1) is 11.4. The lowest BCUT2D eigenvalue weighted by Gasteiger charge is -2.08. The molecule has 0 bridgehead atoms. The molecule has 0 saturated heterocycles. The minimum Gasteiger partial charge on any atom is -0.433 e. The van der Waals surface area contributed by atoms with Crippen molar-refractivity contribution in [2.45, 2.75) is 13.5 Å². The second kappa shape index (κ2) is 5.88. The maximum absolute atomic E-state index is 13.6. The molecule has 0 radical (unpaired) electrons. The third-order valence-corrected chi connectivity index (χ3v) is 3.50. The van der Waals surface area contributed by atoms with Crippen LogP contribution in [0.25, 0.3) is 22.2 Å². The minimum absolute atomic E-state index is 0.0719. The number of nitrogens with one attached hydrogen (secondary N) is 1. The Kier molecular flexibility index (Phi) is 3.88. The van der Waals surface area contributed by atoms with Crippen LogP contribution in [0.4, 0.5) is 13.2 Å². The highest BCUT2D eigenvalue weighted by Crippen LogP contribution is 2.35. The fourth-order valence-electron chi connectivity index (χ4n) is 2.55. The van der Waals surface area contributed by atoms with Crippen LogP contribution in [-0.2, 0) is 0 Å². The Morgan fingerprint density at radius 1 is 1.29 bits per heavy atom. The molecule has 0 spiro atoms. The van der Waals surface area contributed by atoms with Crippen molar-refractivity contribution < 1.29 is 22.7 Å². The van der Waals surface area contributed by atoms with Gasteiger partial charge in [-0.3, -0.25) is 9.89 Å². The standard InChI is InChI=1S/C16H12F3N3O2/c1-7-4-11-13(10-6-8(17)2-3-9(10)15(20)23)21-22-14(11)12(5-7)24-16(18)19/h2-6,16H,1H3,(H2,20,23)(H,21,22). The fourth-order valence-corrected chi connectivity index (χ4v) is 2.55. The molecule has 3 aromatic rings. The number of fused-ring (bicyclic) bond motifs is 1. The van der Waals surface area contributed by atoms with Gasteiger partial charge < -0.3 is 10.5 Å². The van der Waals surface area contributed by atoms with E-state index in [1.165, 1.54) is 12.1 Å². The van der Waals surface area contributed by atoms with E-state index in [-0.39, 0.29) is 28.1 Å². The van der Waals surface area contributed by atoms with Gasteiger partial charge in [0.05, 0.1) is 0 Å². The lowest BCUT2D eigenvalue weighted by atomic mass is 10.00. The van der Waals surface area contributed by atoms with Crippen LogP contribution in [0.15, 0.2) is 30.3 Å². The number of rotatable bonds is 4. The van der Waals surface area contributed by atoms with Gasteiger partial charge in [0.25, 0.3) is 0 Å². The van der Waals surface area contributed by atoms with Crippen LogP contribution in [-0.4, -0.2) is 22.7 Å². The number of ether oxygens (including phenoxy) is 1. The number of hydrogen-bond donors (Lipinski definition) is 2. The van der Waals surface area contributed by atoms with Gasteiger partial charge in [-0.15, -0.1) is 0 Å².